The number of halogens is 1. The molecule has 0 saturated heterocycles. The zero-order valence-electron chi connectivity index (χ0n) is 9.41. The SMILES string of the molecule is COC(=O)c1sc2c(OC)nc(C)nc2c1Br. The van der Waals surface area contributed by atoms with E-state index in [1.165, 1.54) is 25.6 Å². The van der Waals surface area contributed by atoms with Crippen LogP contribution in [0.25, 0.3) is 10.2 Å². The Hall–Kier alpha value is -1.21. The van der Waals surface area contributed by atoms with Crippen molar-refractivity contribution in [3.63, 3.8) is 0 Å². The molecule has 17 heavy (non-hydrogen) atoms. The average Bonchev–Trinajstić information content (AvgIpc) is 2.65. The Morgan fingerprint density at radius 2 is 2.06 bits per heavy atom. The fraction of sp³-hybridized carbons (Fsp3) is 0.300. The summed E-state index contributed by atoms with van der Waals surface area (Å²) < 4.78 is 11.2. The molecule has 2 heterocycles. The molecule has 0 aliphatic carbocycles. The summed E-state index contributed by atoms with van der Waals surface area (Å²) in [6.07, 6.45) is 0. The number of carbonyl (C=O) groups excluding carboxylic acids is 1. The molecule has 0 bridgehead atoms. The Bertz CT molecular complexity index is 597. The van der Waals surface area contributed by atoms with Crippen molar-refractivity contribution in [2.75, 3.05) is 14.2 Å². The van der Waals surface area contributed by atoms with Crippen molar-refractivity contribution in [3.05, 3.63) is 15.2 Å². The lowest BCUT2D eigenvalue weighted by Crippen LogP contribution is -1.98. The number of thiophene rings is 1. The fourth-order valence-corrected chi connectivity index (χ4v) is 3.23. The van der Waals surface area contributed by atoms with E-state index in [1.807, 2.05) is 0 Å². The van der Waals surface area contributed by atoms with E-state index in [-0.39, 0.29) is 0 Å². The molecule has 90 valence electrons. The van der Waals surface area contributed by atoms with E-state index in [2.05, 4.69) is 25.9 Å². The maximum atomic E-state index is 11.6. The first kappa shape index (κ1) is 12.3. The highest BCUT2D eigenvalue weighted by atomic mass is 79.9. The van der Waals surface area contributed by atoms with Gasteiger partial charge in [0.15, 0.2) is 0 Å². The number of carbonyl (C=O) groups is 1. The van der Waals surface area contributed by atoms with Crippen molar-refractivity contribution in [1.82, 2.24) is 9.97 Å². The monoisotopic (exact) mass is 316 g/mol. The van der Waals surface area contributed by atoms with Gasteiger partial charge in [0.05, 0.1) is 18.7 Å². The molecule has 5 nitrogen and oxygen atoms in total. The quantitative estimate of drug-likeness (QED) is 0.797. The lowest BCUT2D eigenvalue weighted by atomic mass is 10.4. The van der Waals surface area contributed by atoms with Crippen molar-refractivity contribution in [1.29, 1.82) is 0 Å². The van der Waals surface area contributed by atoms with Gasteiger partial charge in [0.1, 0.15) is 20.9 Å². The maximum Gasteiger partial charge on any atom is 0.349 e. The van der Waals surface area contributed by atoms with Gasteiger partial charge in [0, 0.05) is 0 Å². The first-order valence-electron chi connectivity index (χ1n) is 4.67. The number of fused-ring (bicyclic) bond motifs is 1. The predicted molar refractivity (Wildman–Crippen MR) is 67.7 cm³/mol. The maximum absolute atomic E-state index is 11.6. The molecule has 0 unspecified atom stereocenters. The van der Waals surface area contributed by atoms with E-state index in [0.29, 0.717) is 26.6 Å². The molecule has 0 aliphatic rings. The van der Waals surface area contributed by atoms with Gasteiger partial charge in [0.2, 0.25) is 5.88 Å². The van der Waals surface area contributed by atoms with Crippen molar-refractivity contribution < 1.29 is 14.3 Å². The Kier molecular flexibility index (Phi) is 3.30. The molecule has 0 spiro atoms. The van der Waals surface area contributed by atoms with Crippen LogP contribution in [0.3, 0.4) is 0 Å². The smallest absolute Gasteiger partial charge is 0.349 e. The van der Waals surface area contributed by atoms with Gasteiger partial charge in [-0.25, -0.2) is 9.78 Å². The third-order valence-corrected chi connectivity index (χ3v) is 4.30. The van der Waals surface area contributed by atoms with Crippen LogP contribution in [0.5, 0.6) is 5.88 Å². The van der Waals surface area contributed by atoms with Crippen LogP contribution in [0.15, 0.2) is 4.47 Å². The Morgan fingerprint density at radius 1 is 1.35 bits per heavy atom. The number of hydrogen-bond acceptors (Lipinski definition) is 6. The first-order chi connectivity index (χ1) is 8.08. The van der Waals surface area contributed by atoms with Crippen LogP contribution in [0.2, 0.25) is 0 Å². The molecule has 2 rings (SSSR count). The minimum absolute atomic E-state index is 0.403. The average molecular weight is 317 g/mol. The van der Waals surface area contributed by atoms with Crippen LogP contribution in [0.1, 0.15) is 15.5 Å². The van der Waals surface area contributed by atoms with Gasteiger partial charge in [0.25, 0.3) is 0 Å². The third kappa shape index (κ3) is 2.00. The van der Waals surface area contributed by atoms with Gasteiger partial charge in [-0.1, -0.05) is 0 Å². The first-order valence-corrected chi connectivity index (χ1v) is 6.28. The molecule has 0 N–H and O–H groups in total. The number of rotatable bonds is 2. The summed E-state index contributed by atoms with van der Waals surface area (Å²) in [5, 5.41) is 0. The lowest BCUT2D eigenvalue weighted by Gasteiger charge is -2.00. The molecule has 2 aromatic rings. The number of methoxy groups -OCH3 is 2. The molecule has 2 aromatic heterocycles. The van der Waals surface area contributed by atoms with E-state index >= 15 is 0 Å². The van der Waals surface area contributed by atoms with E-state index in [4.69, 9.17) is 9.47 Å². The van der Waals surface area contributed by atoms with Gasteiger partial charge in [-0.2, -0.15) is 4.98 Å². The molecule has 0 aromatic carbocycles. The molecule has 0 radical (unpaired) electrons. The normalized spacial score (nSPS) is 10.6. The molecule has 0 amide bonds. The summed E-state index contributed by atoms with van der Waals surface area (Å²) in [7, 11) is 2.87. The van der Waals surface area contributed by atoms with Crippen LogP contribution >= 0.6 is 27.3 Å². The number of ether oxygens (including phenoxy) is 2. The number of aryl methyl sites for hydroxylation is 1. The zero-order valence-corrected chi connectivity index (χ0v) is 11.8. The summed E-state index contributed by atoms with van der Waals surface area (Å²) in [5.74, 6) is 0.650. The molecule has 0 aliphatic heterocycles. The van der Waals surface area contributed by atoms with Crippen LogP contribution < -0.4 is 4.74 Å². The summed E-state index contributed by atoms with van der Waals surface area (Å²) in [6, 6.07) is 0. The summed E-state index contributed by atoms with van der Waals surface area (Å²) >= 11 is 4.60. The van der Waals surface area contributed by atoms with Crippen LogP contribution in [-0.2, 0) is 4.74 Å². The number of esters is 1. The summed E-state index contributed by atoms with van der Waals surface area (Å²) in [6.45, 7) is 1.77. The molecular weight excluding hydrogens is 308 g/mol. The van der Waals surface area contributed by atoms with E-state index in [1.54, 1.807) is 6.92 Å². The fourth-order valence-electron chi connectivity index (χ4n) is 1.39. The summed E-state index contributed by atoms with van der Waals surface area (Å²) in [4.78, 5) is 20.5. The van der Waals surface area contributed by atoms with Gasteiger partial charge in [-0.15, -0.1) is 11.3 Å². The summed E-state index contributed by atoms with van der Waals surface area (Å²) in [5.41, 5.74) is 0.666. The largest absolute Gasteiger partial charge is 0.480 e. The Balaban J connectivity index is 2.77. The Labute approximate surface area is 110 Å². The van der Waals surface area contributed by atoms with Crippen molar-refractivity contribution in [3.8, 4) is 5.88 Å². The van der Waals surface area contributed by atoms with Crippen molar-refractivity contribution in [2.24, 2.45) is 0 Å². The number of nitrogens with zero attached hydrogens (tertiary/aromatic N) is 2. The molecular formula is C10H9BrN2O3S. The molecule has 0 atom stereocenters. The highest BCUT2D eigenvalue weighted by Gasteiger charge is 2.21. The number of aromatic nitrogens is 2. The topological polar surface area (TPSA) is 61.3 Å². The second-order valence-corrected chi connectivity index (χ2v) is 5.01. The van der Waals surface area contributed by atoms with Gasteiger partial charge < -0.3 is 9.47 Å². The minimum atomic E-state index is -0.403. The predicted octanol–water partition coefficient (Wildman–Crippen LogP) is 2.56. The highest BCUT2D eigenvalue weighted by molar-refractivity contribution is 9.10. The molecule has 0 saturated carbocycles. The van der Waals surface area contributed by atoms with Gasteiger partial charge in [-0.3, -0.25) is 0 Å². The lowest BCUT2D eigenvalue weighted by molar-refractivity contribution is 0.0605. The highest BCUT2D eigenvalue weighted by Crippen LogP contribution is 2.38. The van der Waals surface area contributed by atoms with Crippen LogP contribution in [0, 0.1) is 6.92 Å². The van der Waals surface area contributed by atoms with Crippen molar-refractivity contribution >= 4 is 43.5 Å². The number of hydrogen-bond donors (Lipinski definition) is 0. The van der Waals surface area contributed by atoms with Gasteiger partial charge in [-0.05, 0) is 22.9 Å². The van der Waals surface area contributed by atoms with Crippen LogP contribution in [-0.4, -0.2) is 30.2 Å². The van der Waals surface area contributed by atoms with Crippen LogP contribution in [0.4, 0.5) is 0 Å². The van der Waals surface area contributed by atoms with Crippen molar-refractivity contribution in [2.45, 2.75) is 6.92 Å². The second-order valence-electron chi connectivity index (χ2n) is 3.19. The second kappa shape index (κ2) is 4.58. The standard InChI is InChI=1S/C10H9BrN2O3S/c1-4-12-6-5(11)7(10(14)16-3)17-8(6)9(13-4)15-2/h1-3H3. The van der Waals surface area contributed by atoms with Gasteiger partial charge >= 0.3 is 5.97 Å². The molecule has 0 fully saturated rings. The van der Waals surface area contributed by atoms with E-state index in [0.717, 1.165) is 4.70 Å². The Morgan fingerprint density at radius 3 is 2.65 bits per heavy atom. The molecule has 7 heteroatoms. The third-order valence-electron chi connectivity index (χ3n) is 2.12. The van der Waals surface area contributed by atoms with E-state index < -0.39 is 5.97 Å². The zero-order chi connectivity index (χ0) is 12.6. The minimum Gasteiger partial charge on any atom is -0.480 e. The van der Waals surface area contributed by atoms with E-state index in [9.17, 15) is 4.79 Å².